The van der Waals surface area contributed by atoms with Crippen molar-refractivity contribution in [1.29, 1.82) is 0 Å². The number of benzene rings is 3. The van der Waals surface area contributed by atoms with Crippen molar-refractivity contribution >= 4 is 34.5 Å². The number of hydrogen-bond acceptors (Lipinski definition) is 4. The summed E-state index contributed by atoms with van der Waals surface area (Å²) in [4.78, 5) is 4.51. The smallest absolute Gasteiger partial charge is 0.174 e. The van der Waals surface area contributed by atoms with Crippen LogP contribution in [0.15, 0.2) is 65.7 Å². The molecule has 3 aromatic carbocycles. The topological polar surface area (TPSA) is 40.0 Å². The maximum absolute atomic E-state index is 13.0. The summed E-state index contributed by atoms with van der Waals surface area (Å²) in [6, 6.07) is 17.7. The Morgan fingerprint density at radius 2 is 1.72 bits per heavy atom. The number of halogens is 2. The highest BCUT2D eigenvalue weighted by Gasteiger charge is 2.11. The number of methoxy groups -OCH3 is 1. The van der Waals surface area contributed by atoms with Crippen LogP contribution in [0, 0.1) is 9.39 Å². The van der Waals surface area contributed by atoms with E-state index in [-0.39, 0.29) is 5.82 Å². The van der Waals surface area contributed by atoms with E-state index < -0.39 is 0 Å². The average molecular weight is 505 g/mol. The third-order valence-electron chi connectivity index (χ3n) is 4.06. The van der Waals surface area contributed by atoms with Crippen LogP contribution in [0.1, 0.15) is 18.1 Å². The maximum Gasteiger partial charge on any atom is 0.174 e. The van der Waals surface area contributed by atoms with Crippen molar-refractivity contribution < 1.29 is 18.6 Å². The number of hydrogen-bond donors (Lipinski definition) is 0. The van der Waals surface area contributed by atoms with Gasteiger partial charge in [0.15, 0.2) is 11.5 Å². The minimum Gasteiger partial charge on any atom is -0.494 e. The van der Waals surface area contributed by atoms with E-state index in [1.807, 2.05) is 43.3 Å². The Balaban J connectivity index is 1.74. The van der Waals surface area contributed by atoms with E-state index in [9.17, 15) is 4.39 Å². The predicted molar refractivity (Wildman–Crippen MR) is 121 cm³/mol. The van der Waals surface area contributed by atoms with Crippen LogP contribution in [0.4, 0.5) is 10.1 Å². The third-order valence-corrected chi connectivity index (χ3v) is 4.86. The molecule has 0 fully saturated rings. The van der Waals surface area contributed by atoms with Crippen molar-refractivity contribution in [2.45, 2.75) is 13.5 Å². The molecule has 29 heavy (non-hydrogen) atoms. The summed E-state index contributed by atoms with van der Waals surface area (Å²) in [7, 11) is 1.60. The lowest BCUT2D eigenvalue weighted by atomic mass is 10.2. The molecule has 0 aromatic heterocycles. The van der Waals surface area contributed by atoms with Gasteiger partial charge in [-0.3, -0.25) is 4.99 Å². The molecule has 0 aliphatic rings. The van der Waals surface area contributed by atoms with Gasteiger partial charge in [-0.15, -0.1) is 0 Å². The van der Waals surface area contributed by atoms with Crippen molar-refractivity contribution in [2.24, 2.45) is 4.99 Å². The van der Waals surface area contributed by atoms with Gasteiger partial charge in [0.2, 0.25) is 0 Å². The lowest BCUT2D eigenvalue weighted by Gasteiger charge is -2.13. The first kappa shape index (κ1) is 21.1. The third kappa shape index (κ3) is 5.93. The van der Waals surface area contributed by atoms with Crippen LogP contribution in [-0.4, -0.2) is 19.9 Å². The van der Waals surface area contributed by atoms with Crippen LogP contribution >= 0.6 is 22.6 Å². The van der Waals surface area contributed by atoms with Crippen LogP contribution < -0.4 is 14.2 Å². The molecule has 0 aliphatic heterocycles. The summed E-state index contributed by atoms with van der Waals surface area (Å²) in [5, 5.41) is 0. The second kappa shape index (κ2) is 10.2. The van der Waals surface area contributed by atoms with Crippen LogP contribution in [0.2, 0.25) is 0 Å². The van der Waals surface area contributed by atoms with Gasteiger partial charge in [0.05, 0.1) is 23.0 Å². The minimum absolute atomic E-state index is 0.267. The van der Waals surface area contributed by atoms with Gasteiger partial charge in [-0.1, -0.05) is 12.1 Å². The first-order chi connectivity index (χ1) is 14.1. The van der Waals surface area contributed by atoms with Gasteiger partial charge in [-0.2, -0.15) is 0 Å². The van der Waals surface area contributed by atoms with E-state index in [1.165, 1.54) is 12.1 Å². The normalized spacial score (nSPS) is 10.9. The molecule has 0 saturated carbocycles. The van der Waals surface area contributed by atoms with Crippen LogP contribution in [-0.2, 0) is 6.61 Å². The Labute approximate surface area is 183 Å². The van der Waals surface area contributed by atoms with Crippen molar-refractivity contribution in [2.75, 3.05) is 13.7 Å². The monoisotopic (exact) mass is 505 g/mol. The van der Waals surface area contributed by atoms with Crippen LogP contribution in [0.5, 0.6) is 17.2 Å². The van der Waals surface area contributed by atoms with Crippen molar-refractivity contribution in [3.05, 3.63) is 81.2 Å². The molecule has 0 bridgehead atoms. The van der Waals surface area contributed by atoms with E-state index in [0.29, 0.717) is 24.7 Å². The molecule has 4 nitrogen and oxygen atoms in total. The predicted octanol–water partition coefficient (Wildman–Crippen LogP) is 6.17. The highest BCUT2D eigenvalue weighted by Crippen LogP contribution is 2.34. The van der Waals surface area contributed by atoms with E-state index in [4.69, 9.17) is 14.2 Å². The molecule has 0 aliphatic carbocycles. The molecular weight excluding hydrogens is 484 g/mol. The Morgan fingerprint density at radius 1 is 1.00 bits per heavy atom. The Kier molecular flexibility index (Phi) is 7.46. The second-order valence-corrected chi connectivity index (χ2v) is 7.30. The summed E-state index contributed by atoms with van der Waals surface area (Å²) in [5.41, 5.74) is 2.61. The zero-order valence-corrected chi connectivity index (χ0v) is 18.4. The molecule has 3 aromatic rings. The minimum atomic E-state index is -0.267. The Morgan fingerprint density at radius 3 is 2.38 bits per heavy atom. The molecule has 0 spiro atoms. The van der Waals surface area contributed by atoms with Gasteiger partial charge in [0, 0.05) is 6.21 Å². The van der Waals surface area contributed by atoms with Gasteiger partial charge in [0.1, 0.15) is 18.2 Å². The molecule has 0 heterocycles. The first-order valence-corrected chi connectivity index (χ1v) is 10.2. The largest absolute Gasteiger partial charge is 0.494 e. The molecule has 0 N–H and O–H groups in total. The molecule has 0 amide bonds. The number of nitrogens with zero attached hydrogens (tertiary/aromatic N) is 1. The zero-order chi connectivity index (χ0) is 20.6. The number of aliphatic imine (C=N–C) groups is 1. The number of ether oxygens (including phenoxy) is 3. The van der Waals surface area contributed by atoms with Gasteiger partial charge in [-0.05, 0) is 89.2 Å². The van der Waals surface area contributed by atoms with Crippen molar-refractivity contribution in [3.63, 3.8) is 0 Å². The van der Waals surface area contributed by atoms with E-state index in [0.717, 1.165) is 26.1 Å². The molecular formula is C23H21FINO3. The van der Waals surface area contributed by atoms with Gasteiger partial charge < -0.3 is 14.2 Å². The standard InChI is InChI=1S/C23H21FINO3/c1-3-28-20-10-8-19(9-11-20)26-14-17-12-21(25)23(22(13-17)27-2)29-15-16-4-6-18(24)7-5-16/h4-14H,3,15H2,1-2H3. The molecule has 150 valence electrons. The molecule has 0 saturated heterocycles. The molecule has 0 radical (unpaired) electrons. The molecule has 6 heteroatoms. The summed E-state index contributed by atoms with van der Waals surface area (Å²) >= 11 is 2.21. The maximum atomic E-state index is 13.0. The van der Waals surface area contributed by atoms with Crippen LogP contribution in [0.3, 0.4) is 0 Å². The van der Waals surface area contributed by atoms with Gasteiger partial charge in [0.25, 0.3) is 0 Å². The van der Waals surface area contributed by atoms with Gasteiger partial charge >= 0.3 is 0 Å². The molecule has 0 unspecified atom stereocenters. The molecule has 0 atom stereocenters. The highest BCUT2D eigenvalue weighted by atomic mass is 127. The number of rotatable bonds is 8. The lowest BCUT2D eigenvalue weighted by Crippen LogP contribution is -2.01. The van der Waals surface area contributed by atoms with E-state index in [2.05, 4.69) is 27.6 Å². The van der Waals surface area contributed by atoms with Crippen molar-refractivity contribution in [3.8, 4) is 17.2 Å². The fraction of sp³-hybridized carbons (Fsp3) is 0.174. The second-order valence-electron chi connectivity index (χ2n) is 6.13. The Hall–Kier alpha value is -2.61. The SMILES string of the molecule is CCOc1ccc(N=Cc2cc(I)c(OCc3ccc(F)cc3)c(OC)c2)cc1. The molecule has 3 rings (SSSR count). The van der Waals surface area contributed by atoms with Crippen molar-refractivity contribution in [1.82, 2.24) is 0 Å². The zero-order valence-electron chi connectivity index (χ0n) is 16.2. The Bertz CT molecular complexity index is 973. The first-order valence-electron chi connectivity index (χ1n) is 9.10. The highest BCUT2D eigenvalue weighted by molar-refractivity contribution is 14.1. The summed E-state index contributed by atoms with van der Waals surface area (Å²) in [6.07, 6.45) is 1.78. The van der Waals surface area contributed by atoms with Gasteiger partial charge in [-0.25, -0.2) is 4.39 Å². The lowest BCUT2D eigenvalue weighted by molar-refractivity contribution is 0.282. The summed E-state index contributed by atoms with van der Waals surface area (Å²) < 4.78 is 30.8. The average Bonchev–Trinajstić information content (AvgIpc) is 2.73. The van der Waals surface area contributed by atoms with Crippen LogP contribution in [0.25, 0.3) is 0 Å². The fourth-order valence-corrected chi connectivity index (χ4v) is 3.42. The van der Waals surface area contributed by atoms with E-state index >= 15 is 0 Å². The quantitative estimate of drug-likeness (QED) is 0.272. The summed E-state index contributed by atoms with van der Waals surface area (Å²) in [5.74, 6) is 1.82. The summed E-state index contributed by atoms with van der Waals surface area (Å²) in [6.45, 7) is 2.91. The fourth-order valence-electron chi connectivity index (χ4n) is 2.63. The van der Waals surface area contributed by atoms with E-state index in [1.54, 1.807) is 25.5 Å².